The highest BCUT2D eigenvalue weighted by Crippen LogP contribution is 2.11. The monoisotopic (exact) mass is 232 g/mol. The van der Waals surface area contributed by atoms with Crippen LogP contribution in [0.3, 0.4) is 0 Å². The molecule has 16 heavy (non-hydrogen) atoms. The Morgan fingerprint density at radius 2 is 2.06 bits per heavy atom. The van der Waals surface area contributed by atoms with E-state index in [-0.39, 0.29) is 18.7 Å². The molecule has 0 aliphatic rings. The van der Waals surface area contributed by atoms with Gasteiger partial charge in [0.1, 0.15) is 5.60 Å². The Bertz CT molecular complexity index is 214. The predicted molar refractivity (Wildman–Crippen MR) is 63.4 cm³/mol. The zero-order chi connectivity index (χ0) is 12.8. The summed E-state index contributed by atoms with van der Waals surface area (Å²) in [5.41, 5.74) is -0.510. The van der Waals surface area contributed by atoms with E-state index < -0.39 is 5.60 Å². The van der Waals surface area contributed by atoms with Gasteiger partial charge in [0, 0.05) is 13.1 Å². The third-order valence-corrected chi connectivity index (χ3v) is 2.06. The van der Waals surface area contributed by atoms with Crippen LogP contribution in [0, 0.1) is 0 Å². The molecule has 0 bridgehead atoms. The number of likely N-dealkylation sites (N-methyl/N-ethyl adjacent to an activating group) is 2. The topological polar surface area (TPSA) is 61.8 Å². The minimum Gasteiger partial charge on any atom is -0.444 e. The summed E-state index contributed by atoms with van der Waals surface area (Å²) in [6, 6.07) is -0.246. The predicted octanol–water partition coefficient (Wildman–Crippen LogP) is 0.824. The molecule has 0 saturated heterocycles. The van der Waals surface area contributed by atoms with E-state index in [4.69, 9.17) is 4.74 Å². The molecule has 96 valence electrons. The van der Waals surface area contributed by atoms with Crippen LogP contribution in [0.25, 0.3) is 0 Å². The van der Waals surface area contributed by atoms with Crippen LogP contribution in [0.15, 0.2) is 0 Å². The number of aliphatic hydroxyl groups is 1. The van der Waals surface area contributed by atoms with Crippen LogP contribution in [0.1, 0.15) is 27.7 Å². The Balaban J connectivity index is 4.51. The number of nitrogens with one attached hydrogen (secondary N) is 1. The smallest absolute Gasteiger partial charge is 0.410 e. The summed E-state index contributed by atoms with van der Waals surface area (Å²) in [6.45, 7) is 8.32. The number of rotatable bonds is 5. The van der Waals surface area contributed by atoms with Crippen LogP contribution >= 0.6 is 0 Å². The molecule has 0 spiro atoms. The highest BCUT2D eigenvalue weighted by Gasteiger charge is 2.26. The van der Waals surface area contributed by atoms with Gasteiger partial charge in [0.15, 0.2) is 0 Å². The first kappa shape index (κ1) is 15.2. The fraction of sp³-hybridized carbons (Fsp3) is 0.909. The Kier molecular flexibility index (Phi) is 6.36. The van der Waals surface area contributed by atoms with Gasteiger partial charge in [-0.1, -0.05) is 0 Å². The molecular formula is C11H24N2O3. The number of hydrogen-bond acceptors (Lipinski definition) is 4. The van der Waals surface area contributed by atoms with Crippen molar-refractivity contribution in [3.8, 4) is 0 Å². The van der Waals surface area contributed by atoms with Gasteiger partial charge in [-0.3, -0.25) is 0 Å². The zero-order valence-electron chi connectivity index (χ0n) is 10.9. The lowest BCUT2D eigenvalue weighted by atomic mass is 10.2. The second-order valence-electron chi connectivity index (χ2n) is 4.66. The van der Waals surface area contributed by atoms with E-state index in [2.05, 4.69) is 5.32 Å². The molecular weight excluding hydrogens is 208 g/mol. The molecule has 0 aromatic carbocycles. The van der Waals surface area contributed by atoms with Crippen LogP contribution in [-0.2, 0) is 4.74 Å². The number of hydrogen-bond donors (Lipinski definition) is 2. The van der Waals surface area contributed by atoms with E-state index in [1.165, 1.54) is 4.90 Å². The maximum Gasteiger partial charge on any atom is 0.410 e. The van der Waals surface area contributed by atoms with Gasteiger partial charge in [-0.2, -0.15) is 0 Å². The first-order valence-electron chi connectivity index (χ1n) is 5.60. The van der Waals surface area contributed by atoms with Crippen molar-refractivity contribution in [3.05, 3.63) is 0 Å². The van der Waals surface area contributed by atoms with Gasteiger partial charge in [0.25, 0.3) is 0 Å². The highest BCUT2D eigenvalue weighted by molar-refractivity contribution is 5.68. The van der Waals surface area contributed by atoms with Gasteiger partial charge in [-0.25, -0.2) is 4.79 Å². The first-order valence-corrected chi connectivity index (χ1v) is 5.60. The maximum atomic E-state index is 11.8. The number of nitrogens with zero attached hydrogens (tertiary/aromatic N) is 1. The van der Waals surface area contributed by atoms with Crippen LogP contribution in [0.2, 0.25) is 0 Å². The minimum absolute atomic E-state index is 0.0755. The molecule has 0 aliphatic heterocycles. The molecule has 0 aromatic heterocycles. The van der Waals surface area contributed by atoms with E-state index in [1.807, 2.05) is 27.7 Å². The number of ether oxygens (including phenoxy) is 1. The minimum atomic E-state index is -0.510. The molecule has 0 heterocycles. The molecule has 0 saturated carbocycles. The standard InChI is InChI=1S/C11H24N2O3/c1-6-13(9(8-14)7-12-5)10(15)16-11(2,3)4/h9,12,14H,6-8H2,1-5H3. The Morgan fingerprint density at radius 3 is 2.38 bits per heavy atom. The van der Waals surface area contributed by atoms with Crippen molar-refractivity contribution in [3.63, 3.8) is 0 Å². The van der Waals surface area contributed by atoms with Gasteiger partial charge < -0.3 is 20.1 Å². The fourth-order valence-electron chi connectivity index (χ4n) is 1.37. The summed E-state index contributed by atoms with van der Waals surface area (Å²) in [7, 11) is 1.78. The lowest BCUT2D eigenvalue weighted by molar-refractivity contribution is 0.0110. The first-order chi connectivity index (χ1) is 7.35. The van der Waals surface area contributed by atoms with Gasteiger partial charge in [0.05, 0.1) is 12.6 Å². The van der Waals surface area contributed by atoms with Crippen molar-refractivity contribution in [1.82, 2.24) is 10.2 Å². The van der Waals surface area contributed by atoms with Crippen molar-refractivity contribution in [1.29, 1.82) is 0 Å². The van der Waals surface area contributed by atoms with E-state index in [0.29, 0.717) is 13.1 Å². The van der Waals surface area contributed by atoms with Crippen molar-refractivity contribution < 1.29 is 14.6 Å². The second kappa shape index (κ2) is 6.70. The molecule has 0 aliphatic carbocycles. The summed E-state index contributed by atoms with van der Waals surface area (Å²) in [5.74, 6) is 0. The van der Waals surface area contributed by atoms with Crippen molar-refractivity contribution in [2.24, 2.45) is 0 Å². The molecule has 0 rings (SSSR count). The summed E-state index contributed by atoms with van der Waals surface area (Å²) < 4.78 is 5.27. The lowest BCUT2D eigenvalue weighted by Crippen LogP contribution is -2.49. The summed E-state index contributed by atoms with van der Waals surface area (Å²) in [5, 5.41) is 12.2. The van der Waals surface area contributed by atoms with Crippen molar-refractivity contribution in [2.75, 3.05) is 26.7 Å². The van der Waals surface area contributed by atoms with Gasteiger partial charge in [0.2, 0.25) is 0 Å². The van der Waals surface area contributed by atoms with Crippen LogP contribution in [0.4, 0.5) is 4.79 Å². The summed E-state index contributed by atoms with van der Waals surface area (Å²) in [4.78, 5) is 13.4. The summed E-state index contributed by atoms with van der Waals surface area (Å²) in [6.07, 6.45) is -0.385. The van der Waals surface area contributed by atoms with Crippen molar-refractivity contribution >= 4 is 6.09 Å². The van der Waals surface area contributed by atoms with Crippen molar-refractivity contribution in [2.45, 2.75) is 39.3 Å². The zero-order valence-corrected chi connectivity index (χ0v) is 10.9. The third-order valence-electron chi connectivity index (χ3n) is 2.06. The van der Waals surface area contributed by atoms with Crippen LogP contribution in [-0.4, -0.2) is 54.5 Å². The lowest BCUT2D eigenvalue weighted by Gasteiger charge is -2.31. The highest BCUT2D eigenvalue weighted by atomic mass is 16.6. The van der Waals surface area contributed by atoms with Gasteiger partial charge in [-0.05, 0) is 34.7 Å². The molecule has 1 atom stereocenters. The number of carbonyl (C=O) groups excluding carboxylic acids is 1. The fourth-order valence-corrected chi connectivity index (χ4v) is 1.37. The maximum absolute atomic E-state index is 11.8. The summed E-state index contributed by atoms with van der Waals surface area (Å²) >= 11 is 0. The third kappa shape index (κ3) is 5.32. The van der Waals surface area contributed by atoms with E-state index in [0.717, 1.165) is 0 Å². The largest absolute Gasteiger partial charge is 0.444 e. The molecule has 0 aromatic rings. The van der Waals surface area contributed by atoms with E-state index in [1.54, 1.807) is 7.05 Å². The van der Waals surface area contributed by atoms with Gasteiger partial charge in [-0.15, -0.1) is 0 Å². The molecule has 1 amide bonds. The van der Waals surface area contributed by atoms with Crippen LogP contribution in [0.5, 0.6) is 0 Å². The molecule has 5 heteroatoms. The quantitative estimate of drug-likeness (QED) is 0.737. The number of aliphatic hydroxyl groups excluding tert-OH is 1. The van der Waals surface area contributed by atoms with Gasteiger partial charge >= 0.3 is 6.09 Å². The SMILES string of the molecule is CCN(C(=O)OC(C)(C)C)C(CO)CNC. The average Bonchev–Trinajstić information content (AvgIpc) is 2.14. The van der Waals surface area contributed by atoms with E-state index in [9.17, 15) is 9.90 Å². The Hall–Kier alpha value is -0.810. The van der Waals surface area contributed by atoms with Crippen LogP contribution < -0.4 is 5.32 Å². The molecule has 0 radical (unpaired) electrons. The molecule has 0 fully saturated rings. The molecule has 5 nitrogen and oxygen atoms in total. The second-order valence-corrected chi connectivity index (χ2v) is 4.66. The van der Waals surface area contributed by atoms with E-state index >= 15 is 0 Å². The Labute approximate surface area is 97.8 Å². The Morgan fingerprint density at radius 1 is 1.50 bits per heavy atom. The molecule has 2 N–H and O–H groups in total. The average molecular weight is 232 g/mol. The molecule has 1 unspecified atom stereocenters. The number of amides is 1. The number of carbonyl (C=O) groups is 1. The normalized spacial score (nSPS) is 13.4.